The second-order valence-corrected chi connectivity index (χ2v) is 6.67. The summed E-state index contributed by atoms with van der Waals surface area (Å²) in [5.41, 5.74) is 1.65. The highest BCUT2D eigenvalue weighted by molar-refractivity contribution is 7.89. The van der Waals surface area contributed by atoms with Gasteiger partial charge in [-0.25, -0.2) is 18.4 Å². The maximum atomic E-state index is 11.9. The van der Waals surface area contributed by atoms with E-state index in [1.165, 1.54) is 12.1 Å². The molecule has 0 saturated heterocycles. The molecule has 124 valence electrons. The normalized spacial score (nSPS) is 12.7. The topological polar surface area (TPSA) is 119 Å². The molecule has 0 bridgehead atoms. The average Bonchev–Trinajstić information content (AvgIpc) is 2.89. The van der Waals surface area contributed by atoms with E-state index in [0.717, 1.165) is 11.3 Å². The first kappa shape index (κ1) is 17.0. The summed E-state index contributed by atoms with van der Waals surface area (Å²) in [6.07, 6.45) is 1.66. The largest absolute Gasteiger partial charge is 0.333 e. The van der Waals surface area contributed by atoms with Crippen molar-refractivity contribution in [3.8, 4) is 0 Å². The number of amides is 2. The van der Waals surface area contributed by atoms with Crippen LogP contribution in [0.4, 0.5) is 4.79 Å². The number of aryl methyl sites for hydroxylation is 1. The van der Waals surface area contributed by atoms with Gasteiger partial charge in [0.15, 0.2) is 0 Å². The van der Waals surface area contributed by atoms with Gasteiger partial charge in [-0.3, -0.25) is 4.68 Å². The first-order valence-corrected chi connectivity index (χ1v) is 8.46. The van der Waals surface area contributed by atoms with Crippen molar-refractivity contribution in [2.45, 2.75) is 24.4 Å². The van der Waals surface area contributed by atoms with Gasteiger partial charge in [0.1, 0.15) is 0 Å². The minimum Gasteiger partial charge on any atom is -0.333 e. The zero-order valence-electron chi connectivity index (χ0n) is 12.9. The highest BCUT2D eigenvalue weighted by Crippen LogP contribution is 2.15. The Hall–Kier alpha value is -2.39. The Morgan fingerprint density at radius 2 is 1.96 bits per heavy atom. The van der Waals surface area contributed by atoms with Crippen molar-refractivity contribution in [2.24, 2.45) is 12.2 Å². The number of carbonyl (C=O) groups is 1. The number of nitrogens with one attached hydrogen (secondary N) is 2. The molecule has 23 heavy (non-hydrogen) atoms. The van der Waals surface area contributed by atoms with Gasteiger partial charge in [0.05, 0.1) is 23.2 Å². The number of nitrogens with zero attached hydrogens (tertiary/aromatic N) is 2. The summed E-state index contributed by atoms with van der Waals surface area (Å²) in [5.74, 6) is 0. The quantitative estimate of drug-likeness (QED) is 0.741. The number of rotatable bonds is 5. The molecule has 0 fully saturated rings. The van der Waals surface area contributed by atoms with E-state index in [4.69, 9.17) is 5.14 Å². The summed E-state index contributed by atoms with van der Waals surface area (Å²) < 4.78 is 24.1. The number of sulfonamides is 1. The maximum Gasteiger partial charge on any atom is 0.315 e. The van der Waals surface area contributed by atoms with Gasteiger partial charge in [-0.2, -0.15) is 5.10 Å². The Labute approximate surface area is 134 Å². The van der Waals surface area contributed by atoms with Crippen LogP contribution in [0.1, 0.15) is 24.2 Å². The minimum absolute atomic E-state index is 0.0362. The highest BCUT2D eigenvalue weighted by Gasteiger charge is 2.12. The molecule has 1 atom stereocenters. The Morgan fingerprint density at radius 3 is 2.48 bits per heavy atom. The van der Waals surface area contributed by atoms with E-state index in [1.54, 1.807) is 37.0 Å². The predicted octanol–water partition coefficient (Wildman–Crippen LogP) is 0.628. The van der Waals surface area contributed by atoms with Crippen LogP contribution in [0, 0.1) is 0 Å². The maximum absolute atomic E-state index is 11.9. The molecule has 8 nitrogen and oxygen atoms in total. The molecule has 0 aliphatic rings. The van der Waals surface area contributed by atoms with Crippen LogP contribution in [0.2, 0.25) is 0 Å². The van der Waals surface area contributed by atoms with E-state index in [2.05, 4.69) is 15.7 Å². The van der Waals surface area contributed by atoms with Crippen molar-refractivity contribution in [2.75, 3.05) is 0 Å². The van der Waals surface area contributed by atoms with Gasteiger partial charge < -0.3 is 10.6 Å². The van der Waals surface area contributed by atoms with Crippen LogP contribution >= 0.6 is 0 Å². The number of primary sulfonamides is 1. The fraction of sp³-hybridized carbons (Fsp3) is 0.286. The first-order chi connectivity index (χ1) is 10.8. The zero-order valence-corrected chi connectivity index (χ0v) is 13.7. The molecule has 0 aliphatic carbocycles. The molecule has 0 radical (unpaired) electrons. The molecule has 4 N–H and O–H groups in total. The van der Waals surface area contributed by atoms with Crippen LogP contribution in [0.3, 0.4) is 0 Å². The van der Waals surface area contributed by atoms with Gasteiger partial charge in [0.25, 0.3) is 0 Å². The Balaban J connectivity index is 1.92. The molecule has 0 saturated carbocycles. The molecular formula is C14H19N5O3S. The van der Waals surface area contributed by atoms with Crippen molar-refractivity contribution >= 4 is 16.1 Å². The van der Waals surface area contributed by atoms with Crippen molar-refractivity contribution in [3.05, 3.63) is 47.8 Å². The summed E-state index contributed by atoms with van der Waals surface area (Å²) in [6, 6.07) is 7.27. The molecule has 9 heteroatoms. The monoisotopic (exact) mass is 337 g/mol. The van der Waals surface area contributed by atoms with Crippen LogP contribution < -0.4 is 15.8 Å². The minimum atomic E-state index is -3.71. The lowest BCUT2D eigenvalue weighted by atomic mass is 10.1. The van der Waals surface area contributed by atoms with Gasteiger partial charge >= 0.3 is 6.03 Å². The van der Waals surface area contributed by atoms with Crippen molar-refractivity contribution in [3.63, 3.8) is 0 Å². The third-order valence-electron chi connectivity index (χ3n) is 3.41. The molecule has 0 aliphatic heterocycles. The standard InChI is InChI=1S/C14H19N5O3S/c1-10(11-3-5-13(6-4-11)23(15,21)22)18-14(20)16-9-12-7-8-17-19(12)2/h3-8,10H,9H2,1-2H3,(H2,15,21,22)(H2,16,18,20)/t10-/m0/s1. The number of nitrogens with two attached hydrogens (primary N) is 1. The second kappa shape index (κ2) is 6.80. The second-order valence-electron chi connectivity index (χ2n) is 5.11. The summed E-state index contributed by atoms with van der Waals surface area (Å²) in [4.78, 5) is 11.9. The molecule has 1 aromatic carbocycles. The van der Waals surface area contributed by atoms with Gasteiger partial charge in [-0.1, -0.05) is 12.1 Å². The van der Waals surface area contributed by atoms with E-state index in [1.807, 2.05) is 6.07 Å². The molecule has 2 amide bonds. The van der Waals surface area contributed by atoms with Gasteiger partial charge in [0, 0.05) is 13.2 Å². The number of benzene rings is 1. The molecule has 0 spiro atoms. The number of carbonyl (C=O) groups excluding carboxylic acids is 1. The zero-order chi connectivity index (χ0) is 17.0. The lowest BCUT2D eigenvalue weighted by molar-refractivity contribution is 0.237. The number of aromatic nitrogens is 2. The number of hydrogen-bond donors (Lipinski definition) is 3. The molecule has 2 rings (SSSR count). The van der Waals surface area contributed by atoms with Gasteiger partial charge in [-0.05, 0) is 30.7 Å². The molecule has 0 unspecified atom stereocenters. The average molecular weight is 337 g/mol. The summed E-state index contributed by atoms with van der Waals surface area (Å²) in [5, 5.41) is 14.6. The van der Waals surface area contributed by atoms with E-state index in [0.29, 0.717) is 6.54 Å². The van der Waals surface area contributed by atoms with Crippen LogP contribution in [0.25, 0.3) is 0 Å². The molecule has 1 heterocycles. The van der Waals surface area contributed by atoms with Crippen LogP contribution in [0.5, 0.6) is 0 Å². The molecule has 2 aromatic rings. The lowest BCUT2D eigenvalue weighted by Crippen LogP contribution is -2.37. The molecular weight excluding hydrogens is 318 g/mol. The Morgan fingerprint density at radius 1 is 1.30 bits per heavy atom. The summed E-state index contributed by atoms with van der Waals surface area (Å²) in [6.45, 7) is 2.16. The third kappa shape index (κ3) is 4.54. The van der Waals surface area contributed by atoms with E-state index in [-0.39, 0.29) is 17.0 Å². The smallest absolute Gasteiger partial charge is 0.315 e. The SMILES string of the molecule is C[C@H](NC(=O)NCc1ccnn1C)c1ccc(S(N)(=O)=O)cc1. The number of urea groups is 1. The van der Waals surface area contributed by atoms with Gasteiger partial charge in [-0.15, -0.1) is 0 Å². The first-order valence-electron chi connectivity index (χ1n) is 6.91. The fourth-order valence-electron chi connectivity index (χ4n) is 2.02. The Bertz CT molecular complexity index is 783. The van der Waals surface area contributed by atoms with Crippen LogP contribution in [0.15, 0.2) is 41.4 Å². The fourth-order valence-corrected chi connectivity index (χ4v) is 2.54. The van der Waals surface area contributed by atoms with Crippen LogP contribution in [-0.2, 0) is 23.6 Å². The Kier molecular flexibility index (Phi) is 5.02. The van der Waals surface area contributed by atoms with Crippen LogP contribution in [-0.4, -0.2) is 24.2 Å². The van der Waals surface area contributed by atoms with Crippen molar-refractivity contribution < 1.29 is 13.2 Å². The van der Waals surface area contributed by atoms with E-state index < -0.39 is 10.0 Å². The summed E-state index contributed by atoms with van der Waals surface area (Å²) in [7, 11) is -1.92. The predicted molar refractivity (Wildman–Crippen MR) is 84.8 cm³/mol. The lowest BCUT2D eigenvalue weighted by Gasteiger charge is -2.15. The van der Waals surface area contributed by atoms with E-state index >= 15 is 0 Å². The van der Waals surface area contributed by atoms with Crippen molar-refractivity contribution in [1.29, 1.82) is 0 Å². The van der Waals surface area contributed by atoms with Crippen molar-refractivity contribution in [1.82, 2.24) is 20.4 Å². The van der Waals surface area contributed by atoms with E-state index in [9.17, 15) is 13.2 Å². The number of hydrogen-bond acceptors (Lipinski definition) is 4. The third-order valence-corrected chi connectivity index (χ3v) is 4.34. The highest BCUT2D eigenvalue weighted by atomic mass is 32.2. The molecule has 1 aromatic heterocycles. The van der Waals surface area contributed by atoms with Gasteiger partial charge in [0.2, 0.25) is 10.0 Å². The summed E-state index contributed by atoms with van der Waals surface area (Å²) >= 11 is 0.